The predicted molar refractivity (Wildman–Crippen MR) is 121 cm³/mol. The Bertz CT molecular complexity index is 1430. The lowest BCUT2D eigenvalue weighted by atomic mass is 10.1. The highest BCUT2D eigenvalue weighted by molar-refractivity contribution is 7.99. The normalized spacial score (nSPS) is 11.0. The number of thioether (sulfide) groups is 1. The molecule has 2 aromatic heterocycles. The van der Waals surface area contributed by atoms with Crippen LogP contribution in [0.2, 0.25) is 5.02 Å². The van der Waals surface area contributed by atoms with Crippen LogP contribution in [0.25, 0.3) is 5.69 Å². The van der Waals surface area contributed by atoms with Crippen molar-refractivity contribution in [3.63, 3.8) is 0 Å². The van der Waals surface area contributed by atoms with Gasteiger partial charge in [0.05, 0.1) is 5.75 Å². The Kier molecular flexibility index (Phi) is 6.43. The number of carbonyl (C=O) groups excluding carboxylic acids is 1. The van der Waals surface area contributed by atoms with Crippen molar-refractivity contribution in [2.24, 2.45) is 0 Å². The van der Waals surface area contributed by atoms with Gasteiger partial charge in [-0.25, -0.2) is 4.79 Å². The number of benzene rings is 2. The fourth-order valence-corrected chi connectivity index (χ4v) is 3.85. The lowest BCUT2D eigenvalue weighted by Crippen LogP contribution is -2.41. The van der Waals surface area contributed by atoms with Crippen LogP contribution in [0.3, 0.4) is 0 Å². The number of aromatic amines is 1. The second-order valence-electron chi connectivity index (χ2n) is 7.12. The maximum absolute atomic E-state index is 12.8. The molecule has 0 radical (unpaired) electrons. The average molecular weight is 486 g/mol. The summed E-state index contributed by atoms with van der Waals surface area (Å²) in [6, 6.07) is 14.1. The molecule has 0 fully saturated rings. The van der Waals surface area contributed by atoms with E-state index in [4.69, 9.17) is 22.0 Å². The average Bonchev–Trinajstić information content (AvgIpc) is 3.19. The van der Waals surface area contributed by atoms with Crippen molar-refractivity contribution in [1.29, 1.82) is 0 Å². The molecule has 4 rings (SSSR count). The van der Waals surface area contributed by atoms with Crippen LogP contribution in [-0.4, -0.2) is 31.7 Å². The van der Waals surface area contributed by atoms with E-state index < -0.39 is 17.0 Å². The zero-order chi connectivity index (χ0) is 23.5. The van der Waals surface area contributed by atoms with Gasteiger partial charge in [0.15, 0.2) is 0 Å². The lowest BCUT2D eigenvalue weighted by molar-refractivity contribution is -0.672. The number of Topliss-reactive ketones (excluding diaryl/α,β-unsaturated/α-hetero) is 1. The van der Waals surface area contributed by atoms with Crippen LogP contribution in [0, 0.1) is 6.92 Å². The van der Waals surface area contributed by atoms with E-state index >= 15 is 0 Å². The first kappa shape index (κ1) is 22.5. The van der Waals surface area contributed by atoms with Gasteiger partial charge in [0.25, 0.3) is 5.56 Å². The van der Waals surface area contributed by atoms with Crippen molar-refractivity contribution in [3.8, 4) is 5.69 Å². The second kappa shape index (κ2) is 9.43. The largest absolute Gasteiger partial charge is 0.438 e. The molecule has 0 bridgehead atoms. The Hall–Kier alpha value is -3.70. The van der Waals surface area contributed by atoms with Gasteiger partial charge in [-0.15, -0.1) is 10.2 Å². The topological polar surface area (TPSA) is 141 Å². The molecule has 12 heteroatoms. The number of hydrogen-bond donors (Lipinski definition) is 2. The zero-order valence-corrected chi connectivity index (χ0v) is 18.9. The van der Waals surface area contributed by atoms with E-state index in [9.17, 15) is 14.4 Å². The van der Waals surface area contributed by atoms with Crippen molar-refractivity contribution in [2.45, 2.75) is 18.5 Å². The molecule has 0 aliphatic carbocycles. The molecule has 4 aromatic rings. The number of rotatable bonds is 7. The Morgan fingerprint density at radius 1 is 1.15 bits per heavy atom. The number of ketones is 1. The number of aryl methyl sites for hydroxylation is 1. The van der Waals surface area contributed by atoms with Gasteiger partial charge in [-0.3, -0.25) is 14.1 Å². The summed E-state index contributed by atoms with van der Waals surface area (Å²) in [6.45, 7) is 1.92. The predicted octanol–water partition coefficient (Wildman–Crippen LogP) is 1.44. The number of nitrogens with zero attached hydrogens (tertiary/aromatic N) is 4. The number of H-pyrrole nitrogens is 1. The Morgan fingerprint density at radius 3 is 2.55 bits per heavy atom. The van der Waals surface area contributed by atoms with Crippen molar-refractivity contribution >= 4 is 29.1 Å². The molecule has 0 unspecified atom stereocenters. The number of nitrogen functional groups attached to an aromatic ring is 1. The number of carbonyl (C=O) groups is 1. The van der Waals surface area contributed by atoms with Crippen LogP contribution < -0.4 is 21.7 Å². The summed E-state index contributed by atoms with van der Waals surface area (Å²) >= 11 is 6.77. The van der Waals surface area contributed by atoms with E-state index in [1.54, 1.807) is 36.4 Å². The summed E-state index contributed by atoms with van der Waals surface area (Å²) in [5.74, 6) is 5.14. The molecule has 168 valence electrons. The summed E-state index contributed by atoms with van der Waals surface area (Å²) in [4.78, 5) is 37.5. The van der Waals surface area contributed by atoms with Crippen LogP contribution in [0.1, 0.15) is 27.3 Å². The SMILES string of the molecule is Cc1ccc(-[n+]2[nH]oc(=O)c2C(=O)CSc2nnc(Cc3ccc(Cl)cc3)c(=O)n2N)cc1. The number of aromatic nitrogens is 5. The summed E-state index contributed by atoms with van der Waals surface area (Å²) in [7, 11) is 0. The van der Waals surface area contributed by atoms with Gasteiger partial charge in [0.1, 0.15) is 5.69 Å². The van der Waals surface area contributed by atoms with Gasteiger partial charge >= 0.3 is 11.3 Å². The first-order chi connectivity index (χ1) is 15.8. The van der Waals surface area contributed by atoms with Gasteiger partial charge in [0, 0.05) is 23.6 Å². The zero-order valence-electron chi connectivity index (χ0n) is 17.3. The number of nitrogens with one attached hydrogen (secondary N) is 1. The van der Waals surface area contributed by atoms with E-state index in [2.05, 4.69) is 15.5 Å². The molecule has 33 heavy (non-hydrogen) atoms. The number of halogens is 1. The molecule has 0 amide bonds. The van der Waals surface area contributed by atoms with E-state index in [1.807, 2.05) is 19.1 Å². The quantitative estimate of drug-likeness (QED) is 0.173. The highest BCUT2D eigenvalue weighted by Crippen LogP contribution is 2.15. The van der Waals surface area contributed by atoms with Gasteiger partial charge in [0.2, 0.25) is 16.6 Å². The first-order valence-electron chi connectivity index (χ1n) is 9.68. The molecular formula is C21H18ClN6O4S+. The maximum Gasteiger partial charge on any atom is 0.438 e. The molecule has 2 aromatic carbocycles. The standard InChI is InChI=1S/C21H17ClN6O4S/c1-12-2-8-15(9-3-12)28-18(20(31)32-26-28)17(29)11-33-21-25-24-16(19(30)27(21)23)10-13-4-6-14(22)7-5-13/h2-9H,10-11,23H2,1H3/p+1. The first-order valence-corrected chi connectivity index (χ1v) is 11.0. The minimum Gasteiger partial charge on any atom is -0.334 e. The minimum absolute atomic E-state index is 0.0371. The fraction of sp³-hybridized carbons (Fsp3) is 0.143. The molecule has 10 nitrogen and oxygen atoms in total. The van der Waals surface area contributed by atoms with E-state index in [1.165, 1.54) is 4.68 Å². The van der Waals surface area contributed by atoms with Crippen molar-refractivity contribution < 1.29 is 14.0 Å². The minimum atomic E-state index is -0.810. The van der Waals surface area contributed by atoms with Gasteiger partial charge in [-0.05, 0) is 34.6 Å². The molecule has 3 N–H and O–H groups in total. The molecule has 0 saturated heterocycles. The lowest BCUT2D eigenvalue weighted by Gasteiger charge is -2.07. The van der Waals surface area contributed by atoms with Crippen LogP contribution in [0.5, 0.6) is 0 Å². The third-order valence-electron chi connectivity index (χ3n) is 4.75. The maximum atomic E-state index is 12.8. The Balaban J connectivity index is 1.51. The van der Waals surface area contributed by atoms with E-state index in [-0.39, 0.29) is 28.7 Å². The fourth-order valence-electron chi connectivity index (χ4n) is 3.01. The third-order valence-corrected chi connectivity index (χ3v) is 5.94. The smallest absolute Gasteiger partial charge is 0.334 e. The molecule has 0 aliphatic rings. The van der Waals surface area contributed by atoms with Crippen LogP contribution in [-0.2, 0) is 6.42 Å². The second-order valence-corrected chi connectivity index (χ2v) is 8.50. The Labute approximate surface area is 195 Å². The van der Waals surface area contributed by atoms with Crippen molar-refractivity contribution in [2.75, 3.05) is 11.6 Å². The summed E-state index contributed by atoms with van der Waals surface area (Å²) < 4.78 is 6.91. The van der Waals surface area contributed by atoms with E-state index in [0.29, 0.717) is 10.7 Å². The summed E-state index contributed by atoms with van der Waals surface area (Å²) in [6.07, 6.45) is 0.227. The molecule has 0 spiro atoms. The number of nitrogens with two attached hydrogens (primary N) is 1. The number of hydrogen-bond acceptors (Lipinski definition) is 8. The van der Waals surface area contributed by atoms with E-state index in [0.717, 1.165) is 27.6 Å². The van der Waals surface area contributed by atoms with Gasteiger partial charge < -0.3 is 5.84 Å². The van der Waals surface area contributed by atoms with Crippen LogP contribution >= 0.6 is 23.4 Å². The third kappa shape index (κ3) is 4.89. The molecule has 0 saturated carbocycles. The molecule has 2 heterocycles. The van der Waals surface area contributed by atoms with Crippen molar-refractivity contribution in [1.82, 2.24) is 20.1 Å². The summed E-state index contributed by atoms with van der Waals surface area (Å²) in [5, 5.41) is 11.0. The van der Waals surface area contributed by atoms with Crippen LogP contribution in [0.4, 0.5) is 0 Å². The van der Waals surface area contributed by atoms with Gasteiger partial charge in [-0.2, -0.15) is 4.68 Å². The molecular weight excluding hydrogens is 468 g/mol. The highest BCUT2D eigenvalue weighted by Gasteiger charge is 2.30. The Morgan fingerprint density at radius 2 is 1.85 bits per heavy atom. The molecule has 0 aliphatic heterocycles. The van der Waals surface area contributed by atoms with Gasteiger partial charge in [-0.1, -0.05) is 53.2 Å². The molecule has 0 atom stereocenters. The van der Waals surface area contributed by atoms with Crippen molar-refractivity contribution in [3.05, 3.63) is 96.8 Å². The summed E-state index contributed by atoms with van der Waals surface area (Å²) in [5.41, 5.74) is 1.01. The van der Waals surface area contributed by atoms with Crippen LogP contribution in [0.15, 0.2) is 67.8 Å². The highest BCUT2D eigenvalue weighted by atomic mass is 35.5. The monoisotopic (exact) mass is 485 g/mol.